The van der Waals surface area contributed by atoms with Crippen LogP contribution in [0.25, 0.3) is 6.08 Å². The fraction of sp³-hybridized carbons (Fsp3) is 0.621. The predicted octanol–water partition coefficient (Wildman–Crippen LogP) is 1.49. The number of carbonyl (C=O) groups excluding carboxylic acids is 3. The number of urea groups is 1. The molecule has 4 N–H and O–H groups in total. The molecule has 224 valence electrons. The molecule has 2 unspecified atom stereocenters. The highest BCUT2D eigenvalue weighted by atomic mass is 16.6. The molecule has 6 atom stereocenters. The van der Waals surface area contributed by atoms with Crippen molar-refractivity contribution in [1.29, 1.82) is 1.43 Å². The number of aromatic amines is 1. The molecule has 1 saturated carbocycles. The summed E-state index contributed by atoms with van der Waals surface area (Å²) in [5, 5.41) is 10.1. The van der Waals surface area contributed by atoms with Crippen LogP contribution in [0.15, 0.2) is 21.9 Å². The SMILES string of the molecule is [2H]OC[C@H]1O[C@@H](n2cc(/C=C/CNC(=O)NCC3[C@H]4CCC#CCC[C@@H]34)c(=O)[nH]c2=O)CC1OC(=O)CCC(C)=O.[3H]C. The topological polar surface area (TPSA) is 169 Å². The van der Waals surface area contributed by atoms with Crippen molar-refractivity contribution in [3.05, 3.63) is 38.7 Å². The number of nitrogens with zero attached hydrogens (tertiary/aromatic N) is 1. The van der Waals surface area contributed by atoms with Gasteiger partial charge in [0.15, 0.2) is 0 Å². The molecule has 4 rings (SSSR count). The average Bonchev–Trinajstić information content (AvgIpc) is 3.45. The van der Waals surface area contributed by atoms with Crippen molar-refractivity contribution >= 4 is 23.9 Å². The van der Waals surface area contributed by atoms with E-state index in [0.717, 1.165) is 25.7 Å². The summed E-state index contributed by atoms with van der Waals surface area (Å²) < 4.78 is 25.2. The molecule has 2 aliphatic carbocycles. The molecule has 1 aromatic heterocycles. The lowest BCUT2D eigenvalue weighted by atomic mass is 10.1. The zero-order chi connectivity index (χ0) is 31.4. The van der Waals surface area contributed by atoms with E-state index in [1.165, 1.54) is 31.2 Å². The number of fused-ring (bicyclic) bond motifs is 1. The van der Waals surface area contributed by atoms with Gasteiger partial charge >= 0.3 is 17.7 Å². The van der Waals surface area contributed by atoms with Gasteiger partial charge in [-0.15, -0.1) is 11.8 Å². The summed E-state index contributed by atoms with van der Waals surface area (Å²) in [7, 11) is 1.25. The minimum Gasteiger partial charge on any atom is -0.459 e. The Hall–Kier alpha value is -3.69. The van der Waals surface area contributed by atoms with E-state index in [1.54, 1.807) is 6.08 Å². The van der Waals surface area contributed by atoms with Crippen LogP contribution in [0.1, 0.15) is 72.4 Å². The number of ether oxygens (including phenoxy) is 2. The predicted molar refractivity (Wildman–Crippen MR) is 151 cm³/mol. The third-order valence-corrected chi connectivity index (χ3v) is 7.63. The second-order valence-corrected chi connectivity index (χ2v) is 10.4. The highest BCUT2D eigenvalue weighted by Crippen LogP contribution is 2.51. The summed E-state index contributed by atoms with van der Waals surface area (Å²) >= 11 is 0. The summed E-state index contributed by atoms with van der Waals surface area (Å²) in [4.78, 5) is 62.7. The van der Waals surface area contributed by atoms with Gasteiger partial charge in [0.05, 0.1) is 18.6 Å². The third-order valence-electron chi connectivity index (χ3n) is 7.63. The van der Waals surface area contributed by atoms with Crippen LogP contribution in [0, 0.1) is 29.6 Å². The van der Waals surface area contributed by atoms with Crippen LogP contribution in [-0.4, -0.2) is 65.8 Å². The second-order valence-electron chi connectivity index (χ2n) is 10.4. The Morgan fingerprint density at radius 2 is 2.00 bits per heavy atom. The molecule has 0 aromatic carbocycles. The van der Waals surface area contributed by atoms with Gasteiger partial charge in [0.25, 0.3) is 5.56 Å². The Morgan fingerprint density at radius 1 is 1.27 bits per heavy atom. The molecule has 2 amide bonds. The van der Waals surface area contributed by atoms with Crippen molar-refractivity contribution in [2.75, 3.05) is 19.7 Å². The maximum atomic E-state index is 12.6. The van der Waals surface area contributed by atoms with E-state index >= 15 is 0 Å². The van der Waals surface area contributed by atoms with Gasteiger partial charge in [0.2, 0.25) is 1.43 Å². The zero-order valence-corrected chi connectivity index (χ0v) is 23.5. The van der Waals surface area contributed by atoms with Gasteiger partial charge in [-0.05, 0) is 37.5 Å². The van der Waals surface area contributed by atoms with Gasteiger partial charge in [0, 0.05) is 46.3 Å². The van der Waals surface area contributed by atoms with E-state index in [9.17, 15) is 24.0 Å². The molecule has 0 bridgehead atoms. The van der Waals surface area contributed by atoms with Crippen molar-refractivity contribution in [3.63, 3.8) is 0 Å². The number of H-pyrrole nitrogens is 1. The second kappa shape index (κ2) is 14.8. The molecule has 1 aliphatic heterocycles. The number of Topliss-reactive ketones (excluding diaryl/α,β-unsaturated/α-hetero) is 1. The van der Waals surface area contributed by atoms with Crippen LogP contribution in [-0.2, 0) is 19.1 Å². The molecule has 1 aromatic rings. The maximum Gasteiger partial charge on any atom is 0.330 e. The van der Waals surface area contributed by atoms with E-state index in [1.807, 2.05) is 0 Å². The number of amides is 2. The Morgan fingerprint density at radius 3 is 2.68 bits per heavy atom. The number of esters is 1. The van der Waals surface area contributed by atoms with Crippen LogP contribution < -0.4 is 21.9 Å². The van der Waals surface area contributed by atoms with Crippen molar-refractivity contribution in [2.45, 2.75) is 77.7 Å². The number of rotatable bonds is 12. The maximum absolute atomic E-state index is 12.6. The zero-order valence-electron chi connectivity index (χ0n) is 25.5. The van der Waals surface area contributed by atoms with Crippen LogP contribution in [0.4, 0.5) is 4.79 Å². The van der Waals surface area contributed by atoms with Crippen LogP contribution in [0.2, 0.25) is 0 Å². The average molecular weight is 576 g/mol. The van der Waals surface area contributed by atoms with Crippen molar-refractivity contribution in [1.82, 2.24) is 20.2 Å². The van der Waals surface area contributed by atoms with Gasteiger partial charge in [-0.2, -0.15) is 0 Å². The van der Waals surface area contributed by atoms with Gasteiger partial charge < -0.3 is 30.0 Å². The fourth-order valence-electron chi connectivity index (χ4n) is 5.43. The number of aliphatic hydroxyl groups excluding tert-OH is 1. The quantitative estimate of drug-likeness (QED) is 0.215. The van der Waals surface area contributed by atoms with Crippen molar-refractivity contribution < 1.29 is 30.3 Å². The summed E-state index contributed by atoms with van der Waals surface area (Å²) in [6.07, 6.45) is 5.90. The number of carbonyl (C=O) groups is 3. The van der Waals surface area contributed by atoms with E-state index in [0.29, 0.717) is 24.3 Å². The highest BCUT2D eigenvalue weighted by Gasteiger charge is 2.48. The molecule has 1 saturated heterocycles. The standard InChI is InChI=1S/C28H36N4O8.CH4/c1-17(34)10-11-25(35)40-22-13-24(39-23(22)16-33)32-15-18(26(36)31-28(32)38)7-6-12-29-27(37)30-14-21-19-8-4-2-3-5-9-20(19)21;/h6-7,15,19-24,33H,4-5,8-14,16H2,1H3,(H2,29,30,37)(H,31,36,38);1H4/b7-6+;/t19-,20+,21?,22?,23-,24-;/m1./s1/i33D;1T. The highest BCUT2D eigenvalue weighted by molar-refractivity contribution is 5.81. The number of ketones is 1. The number of hydrogen-bond donors (Lipinski definition) is 4. The molecular weight excluding hydrogens is 532 g/mol. The van der Waals surface area contributed by atoms with Crippen LogP contribution >= 0.6 is 0 Å². The molecular formula is C29H40N4O8. The Balaban J connectivity index is 0.00000248. The number of hydrogen-bond acceptors (Lipinski definition) is 8. The summed E-state index contributed by atoms with van der Waals surface area (Å²) in [6, 6.07) is -0.296. The lowest BCUT2D eigenvalue weighted by Gasteiger charge is -2.16. The first-order valence-corrected chi connectivity index (χ1v) is 13.7. The summed E-state index contributed by atoms with van der Waals surface area (Å²) in [5.41, 5.74) is -1.18. The molecule has 12 nitrogen and oxygen atoms in total. The van der Waals surface area contributed by atoms with E-state index in [-0.39, 0.29) is 49.8 Å². The van der Waals surface area contributed by atoms with E-state index in [4.69, 9.17) is 12.3 Å². The minimum atomic E-state index is -0.896. The first-order chi connectivity index (χ1) is 20.8. The summed E-state index contributed by atoms with van der Waals surface area (Å²) in [6.45, 7) is 1.94. The Bertz CT molecular complexity index is 1320. The molecule has 0 radical (unpaired) electrons. The van der Waals surface area contributed by atoms with Gasteiger partial charge in [-0.25, -0.2) is 9.59 Å². The van der Waals surface area contributed by atoms with Crippen LogP contribution in [0.3, 0.4) is 0 Å². The first-order valence-electron chi connectivity index (χ1n) is 15.1. The molecule has 12 heteroatoms. The first kappa shape index (κ1) is 28.8. The van der Waals surface area contributed by atoms with E-state index < -0.39 is 35.7 Å². The fourth-order valence-corrected chi connectivity index (χ4v) is 5.43. The monoisotopic (exact) mass is 575 g/mol. The third kappa shape index (κ3) is 8.65. The van der Waals surface area contributed by atoms with Gasteiger partial charge in [-0.3, -0.25) is 19.1 Å². The largest absolute Gasteiger partial charge is 0.459 e. The molecule has 2 fully saturated rings. The molecule has 0 spiro atoms. The summed E-state index contributed by atoms with van der Waals surface area (Å²) in [5.74, 6) is 7.38. The normalized spacial score (nSPS) is 26.9. The molecule has 3 aliphatic rings. The number of aromatic nitrogens is 2. The molecule has 2 heterocycles. The Labute approximate surface area is 241 Å². The smallest absolute Gasteiger partial charge is 0.330 e. The number of aliphatic hydroxyl groups is 1. The lowest BCUT2D eigenvalue weighted by Crippen LogP contribution is -2.37. The van der Waals surface area contributed by atoms with Crippen LogP contribution in [0.5, 0.6) is 0 Å². The lowest BCUT2D eigenvalue weighted by molar-refractivity contribution is -0.153. The van der Waals surface area contributed by atoms with Gasteiger partial charge in [0.1, 0.15) is 24.2 Å². The number of nitrogens with one attached hydrogen (secondary N) is 3. The Kier molecular flexibility index (Phi) is 10.4. The molecule has 41 heavy (non-hydrogen) atoms. The van der Waals surface area contributed by atoms with Gasteiger partial charge in [-0.1, -0.05) is 19.6 Å². The minimum absolute atomic E-state index is 0.0400. The van der Waals surface area contributed by atoms with E-state index in [2.05, 4.69) is 32.6 Å². The van der Waals surface area contributed by atoms with Crippen molar-refractivity contribution in [3.8, 4) is 11.8 Å². The van der Waals surface area contributed by atoms with Crippen molar-refractivity contribution in [2.24, 2.45) is 17.8 Å².